The molecule has 1 atom stereocenters. The summed E-state index contributed by atoms with van der Waals surface area (Å²) in [4.78, 5) is 18.4. The number of hydrogen-bond donors (Lipinski definition) is 0. The van der Waals surface area contributed by atoms with E-state index in [2.05, 4.69) is 38.3 Å². The van der Waals surface area contributed by atoms with Crippen molar-refractivity contribution in [3.63, 3.8) is 0 Å². The van der Waals surface area contributed by atoms with Gasteiger partial charge >= 0.3 is 0 Å². The lowest BCUT2D eigenvalue weighted by molar-refractivity contribution is -0.119. The van der Waals surface area contributed by atoms with E-state index >= 15 is 0 Å². The predicted molar refractivity (Wildman–Crippen MR) is 89.5 cm³/mol. The molecule has 104 valence electrons. The summed E-state index contributed by atoms with van der Waals surface area (Å²) in [5, 5.41) is 2.33. The van der Waals surface area contributed by atoms with Crippen LogP contribution in [0.15, 0.2) is 58.0 Å². The molecular formula is C16H11BrN2OS. The fourth-order valence-electron chi connectivity index (χ4n) is 2.52. The number of carbonyl (C=O) groups is 1. The van der Waals surface area contributed by atoms with Gasteiger partial charge in [0.2, 0.25) is 0 Å². The summed E-state index contributed by atoms with van der Waals surface area (Å²) in [6.45, 7) is 0.520. The highest BCUT2D eigenvalue weighted by atomic mass is 79.9. The van der Waals surface area contributed by atoms with Crippen molar-refractivity contribution in [1.29, 1.82) is 0 Å². The monoisotopic (exact) mass is 358 g/mol. The van der Waals surface area contributed by atoms with E-state index < -0.39 is 6.04 Å². The smallest absolute Gasteiger partial charge is 0.257 e. The Balaban J connectivity index is 2.05. The number of thiocarbonyl (C=S) groups is 1. The zero-order valence-electron chi connectivity index (χ0n) is 11.0. The summed E-state index contributed by atoms with van der Waals surface area (Å²) in [6, 6.07) is 15.0. The molecule has 1 aliphatic rings. The van der Waals surface area contributed by atoms with Crippen LogP contribution < -0.4 is 4.90 Å². The molecule has 0 fully saturated rings. The maximum Gasteiger partial charge on any atom is 0.257 e. The topological polar surface area (TPSA) is 32.7 Å². The normalized spacial score (nSPS) is 16.5. The molecule has 1 heterocycles. The minimum absolute atomic E-state index is 0.0712. The second-order valence-electron chi connectivity index (χ2n) is 4.71. The molecule has 0 bridgehead atoms. The van der Waals surface area contributed by atoms with Crippen molar-refractivity contribution in [2.45, 2.75) is 12.6 Å². The molecule has 3 nitrogen and oxygen atoms in total. The number of hydrogen-bond acceptors (Lipinski definition) is 3. The Kier molecular flexibility index (Phi) is 3.97. The number of benzene rings is 2. The van der Waals surface area contributed by atoms with Gasteiger partial charge in [-0.25, -0.2) is 4.99 Å². The van der Waals surface area contributed by atoms with Crippen molar-refractivity contribution < 1.29 is 4.79 Å². The molecule has 2 aromatic carbocycles. The van der Waals surface area contributed by atoms with Crippen LogP contribution in [0.1, 0.15) is 17.2 Å². The van der Waals surface area contributed by atoms with Gasteiger partial charge < -0.3 is 4.90 Å². The second kappa shape index (κ2) is 5.90. The van der Waals surface area contributed by atoms with E-state index in [0.29, 0.717) is 6.54 Å². The van der Waals surface area contributed by atoms with Gasteiger partial charge in [0.15, 0.2) is 6.04 Å². The first-order valence-electron chi connectivity index (χ1n) is 6.43. The van der Waals surface area contributed by atoms with E-state index in [1.165, 1.54) is 0 Å². The molecule has 5 heteroatoms. The maximum absolute atomic E-state index is 12.6. The SMILES string of the molecule is O=C1C(N=C=S)c2c(Br)cccc2N1Cc1ccccc1. The lowest BCUT2D eigenvalue weighted by atomic mass is 10.1. The van der Waals surface area contributed by atoms with E-state index in [-0.39, 0.29) is 5.91 Å². The standard InChI is InChI=1S/C16H11BrN2OS/c17-12-7-4-8-13-14(12)15(18-10-21)16(20)19(13)9-11-5-2-1-3-6-11/h1-8,15H,9H2. The van der Waals surface area contributed by atoms with Crippen LogP contribution in [0, 0.1) is 0 Å². The van der Waals surface area contributed by atoms with Gasteiger partial charge in [-0.3, -0.25) is 4.79 Å². The minimum Gasteiger partial charge on any atom is -0.305 e. The summed E-state index contributed by atoms with van der Waals surface area (Å²) in [5.41, 5.74) is 2.80. The summed E-state index contributed by atoms with van der Waals surface area (Å²) < 4.78 is 0.864. The van der Waals surface area contributed by atoms with Crippen molar-refractivity contribution in [2.75, 3.05) is 4.90 Å². The van der Waals surface area contributed by atoms with Gasteiger partial charge in [-0.05, 0) is 29.9 Å². The van der Waals surface area contributed by atoms with Gasteiger partial charge in [-0.15, -0.1) is 0 Å². The molecule has 0 aromatic heterocycles. The van der Waals surface area contributed by atoms with Crippen molar-refractivity contribution in [1.82, 2.24) is 0 Å². The van der Waals surface area contributed by atoms with Crippen molar-refractivity contribution in [2.24, 2.45) is 4.99 Å². The van der Waals surface area contributed by atoms with E-state index in [1.54, 1.807) is 4.90 Å². The Labute approximate surface area is 136 Å². The summed E-state index contributed by atoms with van der Waals surface area (Å²) in [6.07, 6.45) is 0. The molecule has 1 unspecified atom stereocenters. The Morgan fingerprint density at radius 3 is 2.67 bits per heavy atom. The van der Waals surface area contributed by atoms with E-state index in [9.17, 15) is 4.79 Å². The molecule has 21 heavy (non-hydrogen) atoms. The lowest BCUT2D eigenvalue weighted by Crippen LogP contribution is -2.27. The van der Waals surface area contributed by atoms with Gasteiger partial charge in [0.25, 0.3) is 5.91 Å². The fourth-order valence-corrected chi connectivity index (χ4v) is 3.20. The quantitative estimate of drug-likeness (QED) is 0.610. The highest BCUT2D eigenvalue weighted by Gasteiger charge is 2.38. The average molecular weight is 359 g/mol. The van der Waals surface area contributed by atoms with Crippen LogP contribution in [0.3, 0.4) is 0 Å². The first kappa shape index (κ1) is 14.1. The van der Waals surface area contributed by atoms with Crippen LogP contribution in [0.2, 0.25) is 0 Å². The molecule has 0 saturated carbocycles. The van der Waals surface area contributed by atoms with Gasteiger partial charge in [-0.1, -0.05) is 52.3 Å². The second-order valence-corrected chi connectivity index (χ2v) is 5.74. The Morgan fingerprint density at radius 1 is 1.19 bits per heavy atom. The minimum atomic E-state index is -0.600. The Morgan fingerprint density at radius 2 is 1.95 bits per heavy atom. The Hall–Kier alpha value is -1.81. The molecule has 0 aliphatic carbocycles. The van der Waals surface area contributed by atoms with Gasteiger partial charge in [0.1, 0.15) is 0 Å². The van der Waals surface area contributed by atoms with Crippen molar-refractivity contribution in [3.8, 4) is 0 Å². The highest BCUT2D eigenvalue weighted by molar-refractivity contribution is 9.10. The summed E-state index contributed by atoms with van der Waals surface area (Å²) in [7, 11) is 0. The lowest BCUT2D eigenvalue weighted by Gasteiger charge is -2.17. The van der Waals surface area contributed by atoms with Crippen LogP contribution in [0.25, 0.3) is 0 Å². The largest absolute Gasteiger partial charge is 0.305 e. The summed E-state index contributed by atoms with van der Waals surface area (Å²) >= 11 is 8.18. The first-order valence-corrected chi connectivity index (χ1v) is 7.63. The number of amides is 1. The third-order valence-electron chi connectivity index (χ3n) is 3.46. The molecular weight excluding hydrogens is 348 g/mol. The van der Waals surface area contributed by atoms with Crippen molar-refractivity contribution in [3.05, 3.63) is 64.1 Å². The number of isothiocyanates is 1. The van der Waals surface area contributed by atoms with E-state index in [0.717, 1.165) is 21.3 Å². The third-order valence-corrected chi connectivity index (χ3v) is 4.26. The molecule has 0 N–H and O–H groups in total. The zero-order valence-corrected chi connectivity index (χ0v) is 13.4. The number of carbonyl (C=O) groups excluding carboxylic acids is 1. The van der Waals surface area contributed by atoms with E-state index in [4.69, 9.17) is 0 Å². The van der Waals surface area contributed by atoms with Crippen LogP contribution in [0.4, 0.5) is 5.69 Å². The predicted octanol–water partition coefficient (Wildman–Crippen LogP) is 4.14. The number of halogens is 1. The fraction of sp³-hybridized carbons (Fsp3) is 0.125. The number of fused-ring (bicyclic) bond motifs is 1. The number of anilines is 1. The third kappa shape index (κ3) is 2.56. The Bertz CT molecular complexity index is 741. The number of aliphatic imine (C=N–C) groups is 1. The molecule has 3 rings (SSSR count). The molecule has 0 radical (unpaired) electrons. The molecule has 1 amide bonds. The van der Waals surface area contributed by atoms with Gasteiger partial charge in [0, 0.05) is 10.0 Å². The number of nitrogens with zero attached hydrogens (tertiary/aromatic N) is 2. The molecule has 2 aromatic rings. The van der Waals surface area contributed by atoms with Gasteiger partial charge in [-0.2, -0.15) is 0 Å². The van der Waals surface area contributed by atoms with Crippen LogP contribution in [0.5, 0.6) is 0 Å². The molecule has 0 spiro atoms. The van der Waals surface area contributed by atoms with Crippen LogP contribution in [-0.2, 0) is 11.3 Å². The molecule has 0 saturated heterocycles. The zero-order chi connectivity index (χ0) is 14.8. The van der Waals surface area contributed by atoms with E-state index in [1.807, 2.05) is 48.5 Å². The van der Waals surface area contributed by atoms with Crippen LogP contribution >= 0.6 is 28.1 Å². The highest BCUT2D eigenvalue weighted by Crippen LogP contribution is 2.42. The maximum atomic E-state index is 12.6. The van der Waals surface area contributed by atoms with Gasteiger partial charge in [0.05, 0.1) is 17.4 Å². The van der Waals surface area contributed by atoms with Crippen LogP contribution in [-0.4, -0.2) is 11.1 Å². The average Bonchev–Trinajstić information content (AvgIpc) is 2.76. The first-order chi connectivity index (χ1) is 10.2. The van der Waals surface area contributed by atoms with Crippen molar-refractivity contribution >= 4 is 44.9 Å². The number of rotatable bonds is 3. The molecule has 1 aliphatic heterocycles. The summed E-state index contributed by atoms with van der Waals surface area (Å²) in [5.74, 6) is -0.0712.